The smallest absolute Gasteiger partial charge is 0.275 e. The van der Waals surface area contributed by atoms with Crippen molar-refractivity contribution in [1.82, 2.24) is 20.2 Å². The minimum Gasteiger partial charge on any atom is -0.423 e. The van der Waals surface area contributed by atoms with Gasteiger partial charge in [-0.1, -0.05) is 17.7 Å². The fourth-order valence-corrected chi connectivity index (χ4v) is 1.75. The summed E-state index contributed by atoms with van der Waals surface area (Å²) in [6, 6.07) is 7.02. The van der Waals surface area contributed by atoms with Gasteiger partial charge in [0, 0.05) is 11.3 Å². The molecule has 0 spiro atoms. The van der Waals surface area contributed by atoms with Crippen molar-refractivity contribution in [3.63, 3.8) is 0 Å². The molecular formula is C13H8ClN5O2. The molecule has 3 aromatic rings. The molecule has 0 atom stereocenters. The number of halogens is 1. The molecule has 0 bridgehead atoms. The standard InChI is InChI=1S/C13H8ClN5O2/c14-11-6-15-10(5-16-11)12(20)18-9-3-1-2-8(4-9)13-19-17-7-21-13/h1-7H,(H,18,20). The summed E-state index contributed by atoms with van der Waals surface area (Å²) in [6.07, 6.45) is 3.86. The van der Waals surface area contributed by atoms with E-state index in [2.05, 4.69) is 25.5 Å². The van der Waals surface area contributed by atoms with Crippen molar-refractivity contribution in [1.29, 1.82) is 0 Å². The van der Waals surface area contributed by atoms with E-state index >= 15 is 0 Å². The SMILES string of the molecule is O=C(Nc1cccc(-c2nnco2)c1)c1cnc(Cl)cn1. The summed E-state index contributed by atoms with van der Waals surface area (Å²) < 4.78 is 5.11. The highest BCUT2D eigenvalue weighted by Gasteiger charge is 2.10. The molecule has 0 unspecified atom stereocenters. The largest absolute Gasteiger partial charge is 0.423 e. The fourth-order valence-electron chi connectivity index (χ4n) is 1.65. The Morgan fingerprint density at radius 1 is 1.24 bits per heavy atom. The van der Waals surface area contributed by atoms with Crippen LogP contribution in [0, 0.1) is 0 Å². The highest BCUT2D eigenvalue weighted by Crippen LogP contribution is 2.20. The van der Waals surface area contributed by atoms with Crippen LogP contribution in [0.4, 0.5) is 5.69 Å². The Hall–Kier alpha value is -2.80. The lowest BCUT2D eigenvalue weighted by atomic mass is 10.2. The van der Waals surface area contributed by atoms with Gasteiger partial charge in [0.25, 0.3) is 5.91 Å². The predicted octanol–water partition coefficient (Wildman–Crippen LogP) is 2.43. The minimum atomic E-state index is -0.387. The third-order valence-electron chi connectivity index (χ3n) is 2.58. The summed E-state index contributed by atoms with van der Waals surface area (Å²) >= 11 is 5.63. The maximum Gasteiger partial charge on any atom is 0.275 e. The van der Waals surface area contributed by atoms with E-state index < -0.39 is 0 Å². The van der Waals surface area contributed by atoms with Crippen LogP contribution in [0.5, 0.6) is 0 Å². The highest BCUT2D eigenvalue weighted by molar-refractivity contribution is 6.29. The number of hydrogen-bond donors (Lipinski definition) is 1. The van der Waals surface area contributed by atoms with E-state index in [1.165, 1.54) is 18.8 Å². The van der Waals surface area contributed by atoms with E-state index in [0.717, 1.165) is 0 Å². The molecule has 0 aliphatic carbocycles. The van der Waals surface area contributed by atoms with E-state index in [4.69, 9.17) is 16.0 Å². The van der Waals surface area contributed by atoms with Crippen LogP contribution in [0.2, 0.25) is 5.15 Å². The van der Waals surface area contributed by atoms with E-state index in [1.807, 2.05) is 0 Å². The maximum absolute atomic E-state index is 12.0. The van der Waals surface area contributed by atoms with Crippen molar-refractivity contribution in [2.45, 2.75) is 0 Å². The number of amides is 1. The van der Waals surface area contributed by atoms with Gasteiger partial charge in [-0.2, -0.15) is 0 Å². The lowest BCUT2D eigenvalue weighted by molar-refractivity contribution is 0.102. The van der Waals surface area contributed by atoms with Crippen molar-refractivity contribution in [2.24, 2.45) is 0 Å². The Balaban J connectivity index is 1.80. The first-order valence-corrected chi connectivity index (χ1v) is 6.26. The van der Waals surface area contributed by atoms with Crippen LogP contribution in [0.15, 0.2) is 47.5 Å². The number of benzene rings is 1. The van der Waals surface area contributed by atoms with Gasteiger partial charge >= 0.3 is 0 Å². The van der Waals surface area contributed by atoms with Gasteiger partial charge < -0.3 is 9.73 Å². The maximum atomic E-state index is 12.0. The molecule has 0 fully saturated rings. The van der Waals surface area contributed by atoms with Crippen molar-refractivity contribution >= 4 is 23.2 Å². The van der Waals surface area contributed by atoms with Crippen LogP contribution in [-0.2, 0) is 0 Å². The van der Waals surface area contributed by atoms with E-state index in [0.29, 0.717) is 17.1 Å². The first-order chi connectivity index (χ1) is 10.2. The second kappa shape index (κ2) is 5.68. The molecule has 7 nitrogen and oxygen atoms in total. The number of hydrogen-bond acceptors (Lipinski definition) is 6. The molecule has 0 radical (unpaired) electrons. The number of aromatic nitrogens is 4. The zero-order valence-corrected chi connectivity index (χ0v) is 11.3. The lowest BCUT2D eigenvalue weighted by Gasteiger charge is -2.05. The normalized spacial score (nSPS) is 10.3. The van der Waals surface area contributed by atoms with Crippen molar-refractivity contribution < 1.29 is 9.21 Å². The zero-order valence-electron chi connectivity index (χ0n) is 10.5. The van der Waals surface area contributed by atoms with Gasteiger partial charge in [0.1, 0.15) is 10.8 Å². The fraction of sp³-hybridized carbons (Fsp3) is 0. The molecule has 0 aliphatic rings. The highest BCUT2D eigenvalue weighted by atomic mass is 35.5. The summed E-state index contributed by atoms with van der Waals surface area (Å²) in [5.74, 6) is -0.0146. The van der Waals surface area contributed by atoms with Gasteiger partial charge in [0.15, 0.2) is 0 Å². The Bertz CT molecular complexity index is 758. The first-order valence-electron chi connectivity index (χ1n) is 5.88. The summed E-state index contributed by atoms with van der Waals surface area (Å²) in [5, 5.41) is 10.4. The molecule has 1 amide bonds. The average Bonchev–Trinajstić information content (AvgIpc) is 3.02. The summed E-state index contributed by atoms with van der Waals surface area (Å²) in [4.78, 5) is 19.7. The van der Waals surface area contributed by atoms with Crippen LogP contribution >= 0.6 is 11.6 Å². The summed E-state index contributed by atoms with van der Waals surface area (Å²) in [5.41, 5.74) is 1.45. The molecule has 0 saturated heterocycles. The molecule has 8 heteroatoms. The molecule has 2 aromatic heterocycles. The molecule has 1 N–H and O–H groups in total. The van der Waals surface area contributed by atoms with E-state index in [9.17, 15) is 4.79 Å². The number of anilines is 1. The monoisotopic (exact) mass is 301 g/mol. The van der Waals surface area contributed by atoms with Gasteiger partial charge in [0.05, 0.1) is 12.4 Å². The molecule has 21 heavy (non-hydrogen) atoms. The molecule has 0 saturated carbocycles. The summed E-state index contributed by atoms with van der Waals surface area (Å²) in [7, 11) is 0. The second-order valence-electron chi connectivity index (χ2n) is 4.00. The van der Waals surface area contributed by atoms with Crippen molar-refractivity contribution in [3.8, 4) is 11.5 Å². The topological polar surface area (TPSA) is 93.8 Å². The third-order valence-corrected chi connectivity index (χ3v) is 2.78. The Labute approximate surface area is 124 Å². The first kappa shape index (κ1) is 13.2. The van der Waals surface area contributed by atoms with Crippen LogP contribution in [0.3, 0.4) is 0 Å². The van der Waals surface area contributed by atoms with Crippen LogP contribution in [0.1, 0.15) is 10.5 Å². The number of nitrogens with one attached hydrogen (secondary N) is 1. The molecule has 104 valence electrons. The predicted molar refractivity (Wildman–Crippen MR) is 74.7 cm³/mol. The quantitative estimate of drug-likeness (QED) is 0.798. The van der Waals surface area contributed by atoms with Crippen LogP contribution in [0.25, 0.3) is 11.5 Å². The third kappa shape index (κ3) is 3.03. The number of carbonyl (C=O) groups is 1. The second-order valence-corrected chi connectivity index (χ2v) is 4.39. The average molecular weight is 302 g/mol. The van der Waals surface area contributed by atoms with Gasteiger partial charge in [0.2, 0.25) is 12.3 Å². The Morgan fingerprint density at radius 3 is 2.86 bits per heavy atom. The minimum absolute atomic E-state index is 0.169. The lowest BCUT2D eigenvalue weighted by Crippen LogP contribution is -2.13. The molecule has 1 aromatic carbocycles. The van der Waals surface area contributed by atoms with Crippen molar-refractivity contribution in [2.75, 3.05) is 5.32 Å². The summed E-state index contributed by atoms with van der Waals surface area (Å²) in [6.45, 7) is 0. The van der Waals surface area contributed by atoms with Gasteiger partial charge in [-0.15, -0.1) is 10.2 Å². The van der Waals surface area contributed by atoms with Crippen molar-refractivity contribution in [3.05, 3.63) is 53.9 Å². The van der Waals surface area contributed by atoms with Crippen LogP contribution < -0.4 is 5.32 Å². The molecule has 3 rings (SSSR count). The zero-order chi connectivity index (χ0) is 14.7. The molecule has 0 aliphatic heterocycles. The molecule has 2 heterocycles. The number of nitrogens with zero attached hydrogens (tertiary/aromatic N) is 4. The van der Waals surface area contributed by atoms with Gasteiger partial charge in [-0.05, 0) is 18.2 Å². The Kier molecular flexibility index (Phi) is 3.57. The van der Waals surface area contributed by atoms with E-state index in [1.54, 1.807) is 24.3 Å². The van der Waals surface area contributed by atoms with E-state index in [-0.39, 0.29) is 16.8 Å². The number of rotatable bonds is 3. The Morgan fingerprint density at radius 2 is 2.14 bits per heavy atom. The van der Waals surface area contributed by atoms with Gasteiger partial charge in [-0.25, -0.2) is 9.97 Å². The van der Waals surface area contributed by atoms with Crippen LogP contribution in [-0.4, -0.2) is 26.1 Å². The number of carbonyl (C=O) groups excluding carboxylic acids is 1. The van der Waals surface area contributed by atoms with Gasteiger partial charge in [-0.3, -0.25) is 4.79 Å². The molecular weight excluding hydrogens is 294 g/mol.